The van der Waals surface area contributed by atoms with Gasteiger partial charge < -0.3 is 20.1 Å². The van der Waals surface area contributed by atoms with Gasteiger partial charge in [-0.15, -0.1) is 0 Å². The van der Waals surface area contributed by atoms with Gasteiger partial charge in [-0.05, 0) is 62.4 Å². The van der Waals surface area contributed by atoms with Crippen LogP contribution in [0.4, 0.5) is 19.0 Å². The number of nitrogens with zero attached hydrogens (tertiary/aromatic N) is 3. The molecule has 2 fully saturated rings. The van der Waals surface area contributed by atoms with Crippen LogP contribution in [-0.2, 0) is 26.9 Å². The van der Waals surface area contributed by atoms with E-state index in [0.717, 1.165) is 62.3 Å². The zero-order valence-corrected chi connectivity index (χ0v) is 22.3. The van der Waals surface area contributed by atoms with E-state index in [9.17, 15) is 18.0 Å². The Bertz CT molecular complexity index is 1370. The summed E-state index contributed by atoms with van der Waals surface area (Å²) in [6.45, 7) is 4.67. The molecule has 2 unspecified atom stereocenters. The van der Waals surface area contributed by atoms with E-state index in [1.165, 1.54) is 11.6 Å². The van der Waals surface area contributed by atoms with Crippen LogP contribution in [0.25, 0.3) is 10.9 Å². The second-order valence-corrected chi connectivity index (χ2v) is 10.9. The van der Waals surface area contributed by atoms with Crippen LogP contribution in [0.5, 0.6) is 0 Å². The number of carbonyl (C=O) groups excluding carboxylic acids is 1. The van der Waals surface area contributed by atoms with Crippen LogP contribution in [0.2, 0.25) is 0 Å². The molecule has 2 aromatic heterocycles. The monoisotopic (exact) mass is 558 g/mol. The van der Waals surface area contributed by atoms with Gasteiger partial charge in [-0.2, -0.15) is 18.3 Å². The molecule has 3 aliphatic rings. The van der Waals surface area contributed by atoms with E-state index >= 15 is 0 Å². The quantitative estimate of drug-likeness (QED) is 0.406. The number of amides is 1. The Kier molecular flexibility index (Phi) is 7.41. The number of alkyl halides is 3. The number of benzene rings is 1. The van der Waals surface area contributed by atoms with E-state index in [1.807, 2.05) is 13.1 Å². The first-order chi connectivity index (χ1) is 19.2. The maximum Gasteiger partial charge on any atom is 0.416 e. The molecule has 3 aromatic rings. The molecular weight excluding hydrogens is 525 g/mol. The normalized spacial score (nSPS) is 23.9. The first kappa shape index (κ1) is 27.0. The fourth-order valence-electron chi connectivity index (χ4n) is 6.10. The number of aromatic nitrogens is 3. The van der Waals surface area contributed by atoms with Crippen molar-refractivity contribution in [2.45, 2.75) is 63.1 Å². The average molecular weight is 559 g/mol. The van der Waals surface area contributed by atoms with Gasteiger partial charge in [0.05, 0.1) is 35.9 Å². The van der Waals surface area contributed by atoms with Crippen LogP contribution < -0.4 is 10.6 Å². The molecule has 0 radical (unpaired) electrons. The van der Waals surface area contributed by atoms with Gasteiger partial charge in [-0.3, -0.25) is 19.8 Å². The van der Waals surface area contributed by atoms with Crippen LogP contribution in [0.3, 0.4) is 0 Å². The molecule has 3 atom stereocenters. The Morgan fingerprint density at radius 3 is 2.83 bits per heavy atom. The third-order valence-electron chi connectivity index (χ3n) is 8.18. The number of fused-ring (bicyclic) bond motifs is 2. The van der Waals surface area contributed by atoms with Gasteiger partial charge in [-0.1, -0.05) is 0 Å². The second-order valence-electron chi connectivity index (χ2n) is 10.9. The maximum atomic E-state index is 13.2. The number of ether oxygens (including phenoxy) is 2. The summed E-state index contributed by atoms with van der Waals surface area (Å²) in [5, 5.41) is 13.1. The molecule has 1 aromatic carbocycles. The Balaban J connectivity index is 1.13. The fraction of sp³-hybridized carbons (Fsp3) is 0.536. The summed E-state index contributed by atoms with van der Waals surface area (Å²) < 4.78 is 51.8. The Morgan fingerprint density at radius 1 is 1.20 bits per heavy atom. The molecule has 1 amide bonds. The molecular formula is C28H33F3N6O3. The number of nitrogens with one attached hydrogen (secondary N) is 3. The minimum Gasteiger partial charge on any atom is -0.381 e. The minimum absolute atomic E-state index is 0.0708. The van der Waals surface area contributed by atoms with Gasteiger partial charge in [0.15, 0.2) is 5.82 Å². The number of carbonyl (C=O) groups is 1. The molecule has 40 heavy (non-hydrogen) atoms. The van der Waals surface area contributed by atoms with Gasteiger partial charge in [-0.25, -0.2) is 0 Å². The van der Waals surface area contributed by atoms with Crippen molar-refractivity contribution < 1.29 is 27.4 Å². The van der Waals surface area contributed by atoms with E-state index in [1.54, 1.807) is 0 Å². The highest BCUT2D eigenvalue weighted by molar-refractivity contribution is 5.92. The number of likely N-dealkylation sites (tertiary alicyclic amines) is 1. The maximum absolute atomic E-state index is 13.2. The van der Waals surface area contributed by atoms with Crippen molar-refractivity contribution in [2.75, 3.05) is 38.2 Å². The van der Waals surface area contributed by atoms with Crippen molar-refractivity contribution in [1.29, 1.82) is 0 Å². The minimum atomic E-state index is -4.47. The molecule has 9 nitrogen and oxygen atoms in total. The van der Waals surface area contributed by atoms with Crippen molar-refractivity contribution >= 4 is 22.6 Å². The van der Waals surface area contributed by atoms with Gasteiger partial charge in [0.25, 0.3) is 0 Å². The fourth-order valence-corrected chi connectivity index (χ4v) is 6.10. The Hall–Kier alpha value is -3.22. The largest absolute Gasteiger partial charge is 0.416 e. The number of H-pyrrole nitrogens is 1. The number of hydrogen-bond acceptors (Lipinski definition) is 7. The van der Waals surface area contributed by atoms with Gasteiger partial charge in [0.2, 0.25) is 5.91 Å². The lowest BCUT2D eigenvalue weighted by Crippen LogP contribution is -2.46. The first-order valence-corrected chi connectivity index (χ1v) is 13.8. The molecule has 1 aliphatic carbocycles. The summed E-state index contributed by atoms with van der Waals surface area (Å²) in [5.41, 5.74) is 3.05. The second kappa shape index (κ2) is 11.0. The SMILES string of the molecule is Cc1cc2c(cn1)C(O[C@H]1CN(C3CCOCC3)CC1NC(=O)CNc1n[nH]c3ccc(C(F)(F)F)cc13)CC2. The highest BCUT2D eigenvalue weighted by Gasteiger charge is 2.40. The molecule has 4 heterocycles. The lowest BCUT2D eigenvalue weighted by molar-refractivity contribution is -0.137. The zero-order valence-electron chi connectivity index (χ0n) is 22.3. The predicted molar refractivity (Wildman–Crippen MR) is 142 cm³/mol. The van der Waals surface area contributed by atoms with Crippen LogP contribution in [0.1, 0.15) is 47.8 Å². The van der Waals surface area contributed by atoms with E-state index in [-0.39, 0.29) is 41.9 Å². The predicted octanol–water partition coefficient (Wildman–Crippen LogP) is 3.75. The molecule has 0 spiro atoms. The van der Waals surface area contributed by atoms with E-state index < -0.39 is 11.7 Å². The van der Waals surface area contributed by atoms with E-state index in [4.69, 9.17) is 9.47 Å². The Morgan fingerprint density at radius 2 is 2.02 bits per heavy atom. The van der Waals surface area contributed by atoms with Crippen LogP contribution in [-0.4, -0.2) is 77.0 Å². The van der Waals surface area contributed by atoms with E-state index in [0.29, 0.717) is 24.6 Å². The number of aromatic amines is 1. The summed E-state index contributed by atoms with van der Waals surface area (Å²) in [6, 6.07) is 5.62. The van der Waals surface area contributed by atoms with Crippen LogP contribution >= 0.6 is 0 Å². The summed E-state index contributed by atoms with van der Waals surface area (Å²) in [5.74, 6) is -0.0793. The summed E-state index contributed by atoms with van der Waals surface area (Å²) in [7, 11) is 0. The molecule has 3 N–H and O–H groups in total. The number of pyridine rings is 1. The number of aryl methyl sites for hydroxylation is 2. The van der Waals surface area contributed by atoms with Gasteiger partial charge >= 0.3 is 6.18 Å². The van der Waals surface area contributed by atoms with Crippen molar-refractivity contribution in [2.24, 2.45) is 0 Å². The molecule has 0 bridgehead atoms. The molecule has 0 saturated carbocycles. The summed E-state index contributed by atoms with van der Waals surface area (Å²) >= 11 is 0. The third-order valence-corrected chi connectivity index (χ3v) is 8.18. The summed E-state index contributed by atoms with van der Waals surface area (Å²) in [4.78, 5) is 19.9. The Labute approximate surface area is 229 Å². The van der Waals surface area contributed by atoms with Crippen molar-refractivity contribution in [1.82, 2.24) is 25.4 Å². The van der Waals surface area contributed by atoms with Crippen LogP contribution in [0.15, 0.2) is 30.5 Å². The topological polar surface area (TPSA) is 104 Å². The number of rotatable bonds is 7. The van der Waals surface area contributed by atoms with Crippen LogP contribution in [0, 0.1) is 6.92 Å². The smallest absolute Gasteiger partial charge is 0.381 e. The van der Waals surface area contributed by atoms with Crippen molar-refractivity contribution in [3.05, 3.63) is 52.8 Å². The van der Waals surface area contributed by atoms with Crippen molar-refractivity contribution in [3.8, 4) is 0 Å². The molecule has 6 rings (SSSR count). The molecule has 214 valence electrons. The lowest BCUT2D eigenvalue weighted by atomic mass is 10.1. The highest BCUT2D eigenvalue weighted by atomic mass is 19.4. The number of halogens is 3. The molecule has 12 heteroatoms. The molecule has 2 aliphatic heterocycles. The average Bonchev–Trinajstić information content (AvgIpc) is 3.64. The lowest BCUT2D eigenvalue weighted by Gasteiger charge is -2.31. The van der Waals surface area contributed by atoms with Gasteiger partial charge in [0.1, 0.15) is 0 Å². The van der Waals surface area contributed by atoms with Gasteiger partial charge in [0, 0.05) is 55.2 Å². The van der Waals surface area contributed by atoms with Crippen molar-refractivity contribution in [3.63, 3.8) is 0 Å². The highest BCUT2D eigenvalue weighted by Crippen LogP contribution is 2.37. The standard InChI is InChI=1S/C28H33F3N6O3/c1-16-10-17-2-5-24(21(17)12-32-16)40-25-15-37(19-6-8-39-9-7-19)14-23(25)34-26(38)13-33-27-20-11-18(28(29,30)31)3-4-22(20)35-36-27/h3-4,10-12,19,23-25H,2,5-9,13-15H2,1H3,(H,34,38)(H2,33,35,36)/t23?,24?,25-/m0/s1. The first-order valence-electron chi connectivity index (χ1n) is 13.8. The molecule has 2 saturated heterocycles. The van der Waals surface area contributed by atoms with E-state index in [2.05, 4.69) is 36.8 Å². The number of anilines is 1. The third kappa shape index (κ3) is 5.65. The zero-order chi connectivity index (χ0) is 27.9. The summed E-state index contributed by atoms with van der Waals surface area (Å²) in [6.07, 6.45) is 0.860. The number of hydrogen-bond donors (Lipinski definition) is 3.